The molecule has 0 aromatic heterocycles. The number of nitrogens with one attached hydrogen (secondary N) is 1. The van der Waals surface area contributed by atoms with Crippen LogP contribution in [-0.2, 0) is 6.54 Å². The molecule has 1 N–H and O–H groups in total. The lowest BCUT2D eigenvalue weighted by atomic mass is 9.82. The van der Waals surface area contributed by atoms with Crippen LogP contribution in [0.2, 0.25) is 0 Å². The zero-order valence-corrected chi connectivity index (χ0v) is 18.7. The lowest BCUT2D eigenvalue weighted by molar-refractivity contribution is 0.106. The van der Waals surface area contributed by atoms with E-state index in [4.69, 9.17) is 17.0 Å². The third-order valence-electron chi connectivity index (χ3n) is 6.13. The van der Waals surface area contributed by atoms with Gasteiger partial charge in [-0.25, -0.2) is 4.39 Å². The monoisotopic (exact) mass is 427 g/mol. The zero-order chi connectivity index (χ0) is 21.3. The molecule has 160 valence electrons. The van der Waals surface area contributed by atoms with Gasteiger partial charge in [-0.15, -0.1) is 0 Å². The maximum Gasteiger partial charge on any atom is 0.174 e. The van der Waals surface area contributed by atoms with Gasteiger partial charge in [-0.2, -0.15) is 0 Å². The summed E-state index contributed by atoms with van der Waals surface area (Å²) in [4.78, 5) is 4.67. The smallest absolute Gasteiger partial charge is 0.174 e. The van der Waals surface area contributed by atoms with Crippen molar-refractivity contribution in [2.24, 2.45) is 0 Å². The first-order valence-electron chi connectivity index (χ1n) is 10.7. The Bertz CT molecular complexity index is 921. The third-order valence-corrected chi connectivity index (χ3v) is 6.46. The van der Waals surface area contributed by atoms with Crippen LogP contribution < -0.4 is 15.0 Å². The van der Waals surface area contributed by atoms with Crippen LogP contribution in [0, 0.1) is 5.82 Å². The fraction of sp³-hybridized carbons (Fsp3) is 0.458. The summed E-state index contributed by atoms with van der Waals surface area (Å²) < 4.78 is 19.7. The predicted octanol–water partition coefficient (Wildman–Crippen LogP) is 4.73. The van der Waals surface area contributed by atoms with Gasteiger partial charge in [0.15, 0.2) is 5.11 Å². The van der Waals surface area contributed by atoms with Gasteiger partial charge in [-0.1, -0.05) is 18.2 Å². The summed E-state index contributed by atoms with van der Waals surface area (Å²) in [7, 11) is 0. The topological polar surface area (TPSA) is 27.7 Å². The van der Waals surface area contributed by atoms with Gasteiger partial charge in [-0.05, 0) is 81.7 Å². The number of thiocarbonyl (C=S) groups is 1. The Morgan fingerprint density at radius 3 is 2.77 bits per heavy atom. The van der Waals surface area contributed by atoms with E-state index in [-0.39, 0.29) is 17.5 Å². The molecule has 0 bridgehead atoms. The molecule has 0 unspecified atom stereocenters. The maximum absolute atomic E-state index is 13.9. The van der Waals surface area contributed by atoms with E-state index in [2.05, 4.69) is 40.2 Å². The Hall–Kier alpha value is -2.18. The fourth-order valence-corrected chi connectivity index (χ4v) is 5.17. The summed E-state index contributed by atoms with van der Waals surface area (Å²) in [5.41, 5.74) is 1.99. The third kappa shape index (κ3) is 4.30. The molecule has 0 radical (unpaired) electrons. The van der Waals surface area contributed by atoms with Gasteiger partial charge in [0.2, 0.25) is 0 Å². The number of ether oxygens (including phenoxy) is 1. The predicted molar refractivity (Wildman–Crippen MR) is 124 cm³/mol. The van der Waals surface area contributed by atoms with E-state index in [0.29, 0.717) is 11.2 Å². The molecular formula is C24H30FN3OS. The van der Waals surface area contributed by atoms with Crippen molar-refractivity contribution in [1.82, 2.24) is 10.2 Å². The number of halogens is 1. The second-order valence-corrected chi connectivity index (χ2v) is 9.17. The molecule has 0 aliphatic carbocycles. The van der Waals surface area contributed by atoms with Crippen LogP contribution in [0.3, 0.4) is 0 Å². The summed E-state index contributed by atoms with van der Waals surface area (Å²) in [6.07, 6.45) is 2.11. The van der Waals surface area contributed by atoms with Crippen molar-refractivity contribution in [3.63, 3.8) is 0 Å². The summed E-state index contributed by atoms with van der Waals surface area (Å²) in [6.45, 7) is 9.03. The molecular weight excluding hydrogens is 397 g/mol. The van der Waals surface area contributed by atoms with E-state index < -0.39 is 0 Å². The Labute approximate surface area is 184 Å². The van der Waals surface area contributed by atoms with Gasteiger partial charge < -0.3 is 15.0 Å². The number of likely N-dealkylation sites (tertiary alicyclic amines) is 1. The normalized spacial score (nSPS) is 24.5. The molecule has 2 aromatic carbocycles. The standard InChI is InChI=1S/C24H30FN3OS/c1-17(2)29-22-9-4-6-19(12-22)15-27-11-10-24(14-18(27)3)16-26-23(30)28(24)21-8-5-7-20(25)13-21/h4-9,12-13,17-18H,10-11,14-16H2,1-3H3,(H,26,30)/t18-,24+/m0/s1. The van der Waals surface area contributed by atoms with Crippen LogP contribution in [0.1, 0.15) is 39.2 Å². The highest BCUT2D eigenvalue weighted by Gasteiger charge is 2.48. The summed E-state index contributed by atoms with van der Waals surface area (Å²) in [6, 6.07) is 15.5. The van der Waals surface area contributed by atoms with Crippen LogP contribution in [0.15, 0.2) is 48.5 Å². The first kappa shape index (κ1) is 21.1. The highest BCUT2D eigenvalue weighted by atomic mass is 32.1. The van der Waals surface area contributed by atoms with Crippen molar-refractivity contribution in [2.75, 3.05) is 18.0 Å². The van der Waals surface area contributed by atoms with E-state index in [1.54, 1.807) is 12.1 Å². The number of benzene rings is 2. The number of hydrogen-bond acceptors (Lipinski definition) is 3. The van der Waals surface area contributed by atoms with E-state index in [1.165, 1.54) is 11.6 Å². The summed E-state index contributed by atoms with van der Waals surface area (Å²) in [5.74, 6) is 0.692. The summed E-state index contributed by atoms with van der Waals surface area (Å²) >= 11 is 5.61. The molecule has 2 fully saturated rings. The quantitative estimate of drug-likeness (QED) is 0.697. The Balaban J connectivity index is 1.49. The van der Waals surface area contributed by atoms with Crippen molar-refractivity contribution < 1.29 is 9.13 Å². The number of hydrogen-bond donors (Lipinski definition) is 1. The lowest BCUT2D eigenvalue weighted by Crippen LogP contribution is -2.57. The number of anilines is 1. The molecule has 1 spiro atoms. The van der Waals surface area contributed by atoms with E-state index in [0.717, 1.165) is 43.9 Å². The van der Waals surface area contributed by atoms with E-state index in [9.17, 15) is 4.39 Å². The lowest BCUT2D eigenvalue weighted by Gasteiger charge is -2.47. The molecule has 2 atom stereocenters. The van der Waals surface area contributed by atoms with Gasteiger partial charge in [0, 0.05) is 31.4 Å². The van der Waals surface area contributed by atoms with Crippen molar-refractivity contribution in [2.45, 2.75) is 57.8 Å². The maximum atomic E-state index is 13.9. The Kier molecular flexibility index (Phi) is 5.98. The average molecular weight is 428 g/mol. The molecule has 6 heteroatoms. The SMILES string of the molecule is CC(C)Oc1cccc(CN2CC[C@]3(CNC(=S)N3c3cccc(F)c3)C[C@@H]2C)c1. The number of nitrogens with zero attached hydrogens (tertiary/aromatic N) is 2. The van der Waals surface area contributed by atoms with Gasteiger partial charge in [-0.3, -0.25) is 4.90 Å². The first-order valence-corrected chi connectivity index (χ1v) is 11.1. The van der Waals surface area contributed by atoms with Crippen molar-refractivity contribution in [3.05, 3.63) is 59.9 Å². The van der Waals surface area contributed by atoms with Gasteiger partial charge >= 0.3 is 0 Å². The largest absolute Gasteiger partial charge is 0.491 e. The minimum absolute atomic E-state index is 0.108. The Morgan fingerprint density at radius 2 is 2.03 bits per heavy atom. The highest BCUT2D eigenvalue weighted by Crippen LogP contribution is 2.39. The minimum atomic E-state index is -0.230. The molecule has 2 aromatic rings. The van der Waals surface area contributed by atoms with Crippen molar-refractivity contribution in [1.29, 1.82) is 0 Å². The fourth-order valence-electron chi connectivity index (χ4n) is 4.80. The Morgan fingerprint density at radius 1 is 1.23 bits per heavy atom. The number of rotatable bonds is 5. The van der Waals surface area contributed by atoms with Crippen molar-refractivity contribution >= 4 is 23.0 Å². The highest BCUT2D eigenvalue weighted by molar-refractivity contribution is 7.80. The zero-order valence-electron chi connectivity index (χ0n) is 17.9. The first-order chi connectivity index (χ1) is 14.4. The molecule has 2 aliphatic heterocycles. The van der Waals surface area contributed by atoms with Crippen molar-refractivity contribution in [3.8, 4) is 5.75 Å². The second kappa shape index (κ2) is 8.52. The van der Waals surface area contributed by atoms with Crippen LogP contribution in [0.4, 0.5) is 10.1 Å². The van der Waals surface area contributed by atoms with Crippen LogP contribution in [0.5, 0.6) is 5.75 Å². The second-order valence-electron chi connectivity index (χ2n) is 8.79. The van der Waals surface area contributed by atoms with E-state index >= 15 is 0 Å². The van der Waals surface area contributed by atoms with Gasteiger partial charge in [0.25, 0.3) is 0 Å². The summed E-state index contributed by atoms with van der Waals surface area (Å²) in [5, 5.41) is 4.05. The van der Waals surface area contributed by atoms with Crippen LogP contribution in [0.25, 0.3) is 0 Å². The average Bonchev–Trinajstić information content (AvgIpc) is 2.99. The molecule has 2 aliphatic rings. The molecule has 30 heavy (non-hydrogen) atoms. The molecule has 2 heterocycles. The molecule has 0 saturated carbocycles. The van der Waals surface area contributed by atoms with Crippen LogP contribution in [-0.4, -0.2) is 40.8 Å². The molecule has 2 saturated heterocycles. The minimum Gasteiger partial charge on any atom is -0.491 e. The molecule has 4 rings (SSSR count). The number of piperidine rings is 1. The molecule has 0 amide bonds. The van der Waals surface area contributed by atoms with E-state index in [1.807, 2.05) is 26.0 Å². The van der Waals surface area contributed by atoms with Crippen LogP contribution >= 0.6 is 12.2 Å². The van der Waals surface area contributed by atoms with Gasteiger partial charge in [0.1, 0.15) is 11.6 Å². The van der Waals surface area contributed by atoms with Gasteiger partial charge in [0.05, 0.1) is 11.6 Å². The molecule has 4 nitrogen and oxygen atoms in total.